The molecule has 2 atom stereocenters. The minimum atomic E-state index is 0.0901. The summed E-state index contributed by atoms with van der Waals surface area (Å²) < 4.78 is 5.06. The number of urea groups is 1. The van der Waals surface area contributed by atoms with Gasteiger partial charge in [0.05, 0.1) is 12.6 Å². The van der Waals surface area contributed by atoms with E-state index in [1.807, 2.05) is 6.92 Å². The molecule has 1 saturated heterocycles. The van der Waals surface area contributed by atoms with Crippen LogP contribution in [0.15, 0.2) is 0 Å². The summed E-state index contributed by atoms with van der Waals surface area (Å²) >= 11 is 0. The van der Waals surface area contributed by atoms with Gasteiger partial charge in [-0.1, -0.05) is 12.8 Å². The number of amides is 2. The largest absolute Gasteiger partial charge is 0.383 e. The van der Waals surface area contributed by atoms with Crippen LogP contribution in [-0.2, 0) is 4.74 Å². The fraction of sp³-hybridized carbons (Fsp3) is 0.929. The molecule has 1 aliphatic heterocycles. The molecule has 1 aliphatic carbocycles. The summed E-state index contributed by atoms with van der Waals surface area (Å²) in [6.07, 6.45) is 7.65. The molecule has 104 valence electrons. The minimum absolute atomic E-state index is 0.0901. The number of methoxy groups -OCH3 is 1. The van der Waals surface area contributed by atoms with Gasteiger partial charge in [-0.25, -0.2) is 4.79 Å². The zero-order valence-corrected chi connectivity index (χ0v) is 11.7. The number of rotatable bonds is 4. The lowest BCUT2D eigenvalue weighted by Gasteiger charge is -2.30. The number of hydrogen-bond donors (Lipinski definition) is 1. The van der Waals surface area contributed by atoms with Crippen LogP contribution in [0.1, 0.15) is 45.4 Å². The van der Waals surface area contributed by atoms with Crippen LogP contribution >= 0.6 is 0 Å². The summed E-state index contributed by atoms with van der Waals surface area (Å²) in [4.78, 5) is 14.3. The van der Waals surface area contributed by atoms with E-state index in [4.69, 9.17) is 4.74 Å². The molecule has 1 saturated carbocycles. The van der Waals surface area contributed by atoms with E-state index in [0.29, 0.717) is 12.6 Å². The topological polar surface area (TPSA) is 41.6 Å². The molecule has 4 nitrogen and oxygen atoms in total. The molecule has 2 rings (SSSR count). The average molecular weight is 254 g/mol. The van der Waals surface area contributed by atoms with Crippen molar-refractivity contribution in [3.8, 4) is 0 Å². The Labute approximate surface area is 110 Å². The van der Waals surface area contributed by atoms with Gasteiger partial charge < -0.3 is 15.0 Å². The van der Waals surface area contributed by atoms with E-state index in [1.54, 1.807) is 7.11 Å². The number of nitrogens with zero attached hydrogens (tertiary/aromatic N) is 1. The first-order valence-corrected chi connectivity index (χ1v) is 7.28. The van der Waals surface area contributed by atoms with Crippen LogP contribution in [0.25, 0.3) is 0 Å². The molecule has 1 heterocycles. The SMILES string of the molecule is COC[C@@H](C)NC(=O)N1CCC[C@H]1C1CCCC1. The smallest absolute Gasteiger partial charge is 0.317 e. The molecule has 0 bridgehead atoms. The Hall–Kier alpha value is -0.770. The number of hydrogen-bond acceptors (Lipinski definition) is 2. The Bertz CT molecular complexity index is 277. The number of carbonyl (C=O) groups excluding carboxylic acids is 1. The van der Waals surface area contributed by atoms with Crippen LogP contribution in [0.4, 0.5) is 4.79 Å². The molecule has 0 radical (unpaired) electrons. The van der Waals surface area contributed by atoms with Crippen molar-refractivity contribution in [1.29, 1.82) is 0 Å². The van der Waals surface area contributed by atoms with Crippen LogP contribution in [-0.4, -0.2) is 43.3 Å². The van der Waals surface area contributed by atoms with E-state index in [0.717, 1.165) is 18.9 Å². The monoisotopic (exact) mass is 254 g/mol. The molecule has 0 aromatic heterocycles. The summed E-state index contributed by atoms with van der Waals surface area (Å²) in [5.74, 6) is 0.746. The van der Waals surface area contributed by atoms with E-state index in [9.17, 15) is 4.79 Å². The summed E-state index contributed by atoms with van der Waals surface area (Å²) in [5, 5.41) is 3.04. The molecule has 0 unspecified atom stereocenters. The summed E-state index contributed by atoms with van der Waals surface area (Å²) in [5.41, 5.74) is 0. The van der Waals surface area contributed by atoms with Crippen LogP contribution < -0.4 is 5.32 Å². The number of ether oxygens (including phenoxy) is 1. The second kappa shape index (κ2) is 6.41. The Morgan fingerprint density at radius 1 is 1.33 bits per heavy atom. The maximum atomic E-state index is 12.3. The Kier molecular flexibility index (Phi) is 4.87. The van der Waals surface area contributed by atoms with E-state index >= 15 is 0 Å². The number of carbonyl (C=O) groups is 1. The predicted molar refractivity (Wildman–Crippen MR) is 71.6 cm³/mol. The molecule has 2 aliphatic rings. The molecule has 1 N–H and O–H groups in total. The fourth-order valence-corrected chi connectivity index (χ4v) is 3.46. The molecular formula is C14H26N2O2. The lowest BCUT2D eigenvalue weighted by atomic mass is 9.96. The van der Waals surface area contributed by atoms with Crippen molar-refractivity contribution < 1.29 is 9.53 Å². The maximum Gasteiger partial charge on any atom is 0.317 e. The van der Waals surface area contributed by atoms with Gasteiger partial charge in [-0.2, -0.15) is 0 Å². The standard InChI is InChI=1S/C14H26N2O2/c1-11(10-18-2)15-14(17)16-9-5-8-13(16)12-6-3-4-7-12/h11-13H,3-10H2,1-2H3,(H,15,17)/t11-,13+/m1/s1. The zero-order valence-electron chi connectivity index (χ0n) is 11.7. The van der Waals surface area contributed by atoms with Crippen LogP contribution in [0, 0.1) is 5.92 Å². The quantitative estimate of drug-likeness (QED) is 0.837. The minimum Gasteiger partial charge on any atom is -0.383 e. The van der Waals surface area contributed by atoms with Gasteiger partial charge in [0.15, 0.2) is 0 Å². The molecule has 2 fully saturated rings. The summed E-state index contributed by atoms with van der Waals surface area (Å²) in [6, 6.07) is 0.684. The third-order valence-corrected chi connectivity index (χ3v) is 4.29. The van der Waals surface area contributed by atoms with Crippen LogP contribution in [0.2, 0.25) is 0 Å². The second-order valence-corrected chi connectivity index (χ2v) is 5.75. The normalized spacial score (nSPS) is 26.6. The highest BCUT2D eigenvalue weighted by atomic mass is 16.5. The molecule has 18 heavy (non-hydrogen) atoms. The van der Waals surface area contributed by atoms with Gasteiger partial charge in [-0.15, -0.1) is 0 Å². The Balaban J connectivity index is 1.87. The summed E-state index contributed by atoms with van der Waals surface area (Å²) in [7, 11) is 1.67. The van der Waals surface area contributed by atoms with Gasteiger partial charge >= 0.3 is 6.03 Å². The van der Waals surface area contributed by atoms with Gasteiger partial charge in [0, 0.05) is 19.7 Å². The van der Waals surface area contributed by atoms with E-state index in [2.05, 4.69) is 10.2 Å². The third kappa shape index (κ3) is 3.16. The molecule has 4 heteroatoms. The second-order valence-electron chi connectivity index (χ2n) is 5.75. The average Bonchev–Trinajstić information content (AvgIpc) is 3.00. The van der Waals surface area contributed by atoms with Crippen LogP contribution in [0.5, 0.6) is 0 Å². The lowest BCUT2D eigenvalue weighted by molar-refractivity contribution is 0.148. The van der Waals surface area contributed by atoms with E-state index in [-0.39, 0.29) is 12.1 Å². The van der Waals surface area contributed by atoms with E-state index < -0.39 is 0 Å². The molecule has 0 aromatic carbocycles. The lowest BCUT2D eigenvalue weighted by Crippen LogP contribution is -2.48. The van der Waals surface area contributed by atoms with Crippen molar-refractivity contribution >= 4 is 6.03 Å². The molecule has 0 spiro atoms. The van der Waals surface area contributed by atoms with Gasteiger partial charge in [-0.3, -0.25) is 0 Å². The molecule has 2 amide bonds. The highest BCUT2D eigenvalue weighted by molar-refractivity contribution is 5.75. The summed E-state index contributed by atoms with van der Waals surface area (Å²) in [6.45, 7) is 3.49. The van der Waals surface area contributed by atoms with E-state index in [1.165, 1.54) is 32.1 Å². The van der Waals surface area contributed by atoms with Crippen molar-refractivity contribution in [2.75, 3.05) is 20.3 Å². The van der Waals surface area contributed by atoms with Crippen molar-refractivity contribution in [3.05, 3.63) is 0 Å². The van der Waals surface area contributed by atoms with Crippen molar-refractivity contribution in [3.63, 3.8) is 0 Å². The maximum absolute atomic E-state index is 12.3. The number of likely N-dealkylation sites (tertiary alicyclic amines) is 1. The Morgan fingerprint density at radius 3 is 2.72 bits per heavy atom. The highest BCUT2D eigenvalue weighted by Gasteiger charge is 2.36. The first kappa shape index (κ1) is 13.7. The fourth-order valence-electron chi connectivity index (χ4n) is 3.46. The van der Waals surface area contributed by atoms with Gasteiger partial charge in [0.1, 0.15) is 0 Å². The van der Waals surface area contributed by atoms with Crippen molar-refractivity contribution in [1.82, 2.24) is 10.2 Å². The molecular weight excluding hydrogens is 228 g/mol. The first-order valence-electron chi connectivity index (χ1n) is 7.28. The predicted octanol–water partition coefficient (Wildman–Crippen LogP) is 2.39. The first-order chi connectivity index (χ1) is 8.72. The third-order valence-electron chi connectivity index (χ3n) is 4.29. The van der Waals surface area contributed by atoms with Crippen LogP contribution in [0.3, 0.4) is 0 Å². The van der Waals surface area contributed by atoms with Crippen molar-refractivity contribution in [2.45, 2.75) is 57.5 Å². The van der Waals surface area contributed by atoms with Gasteiger partial charge in [-0.05, 0) is 38.5 Å². The highest BCUT2D eigenvalue weighted by Crippen LogP contribution is 2.35. The number of nitrogens with one attached hydrogen (secondary N) is 1. The Morgan fingerprint density at radius 2 is 2.06 bits per heavy atom. The van der Waals surface area contributed by atoms with Gasteiger partial charge in [0.25, 0.3) is 0 Å². The zero-order chi connectivity index (χ0) is 13.0. The molecule has 0 aromatic rings. The van der Waals surface area contributed by atoms with Gasteiger partial charge in [0.2, 0.25) is 0 Å². The van der Waals surface area contributed by atoms with Crippen molar-refractivity contribution in [2.24, 2.45) is 5.92 Å².